The summed E-state index contributed by atoms with van der Waals surface area (Å²) in [6.07, 6.45) is 2.78. The van der Waals surface area contributed by atoms with Crippen LogP contribution in [0.2, 0.25) is 0 Å². The zero-order valence-corrected chi connectivity index (χ0v) is 10.7. The average molecular weight is 253 g/mol. The van der Waals surface area contributed by atoms with Crippen molar-refractivity contribution in [2.45, 2.75) is 6.54 Å². The Morgan fingerprint density at radius 1 is 1.53 bits per heavy atom. The van der Waals surface area contributed by atoms with E-state index in [-0.39, 0.29) is 5.75 Å². The van der Waals surface area contributed by atoms with E-state index in [1.165, 1.54) is 6.26 Å². The van der Waals surface area contributed by atoms with Crippen LogP contribution in [-0.2, 0) is 16.4 Å². The lowest BCUT2D eigenvalue weighted by molar-refractivity contribution is 0.345. The van der Waals surface area contributed by atoms with Crippen LogP contribution in [0.15, 0.2) is 18.3 Å². The van der Waals surface area contributed by atoms with Crippen LogP contribution in [0.3, 0.4) is 0 Å². The number of rotatable bonds is 5. The van der Waals surface area contributed by atoms with Crippen molar-refractivity contribution in [2.75, 3.05) is 25.6 Å². The Morgan fingerprint density at radius 3 is 2.82 bits per heavy atom. The highest BCUT2D eigenvalue weighted by molar-refractivity contribution is 7.90. The number of nitriles is 1. The smallest absolute Gasteiger partial charge is 0.148 e. The summed E-state index contributed by atoms with van der Waals surface area (Å²) in [4.78, 5) is 5.81. The van der Waals surface area contributed by atoms with Crippen molar-refractivity contribution in [1.29, 1.82) is 5.26 Å². The quantitative estimate of drug-likeness (QED) is 0.760. The molecule has 17 heavy (non-hydrogen) atoms. The first kappa shape index (κ1) is 13.6. The van der Waals surface area contributed by atoms with Gasteiger partial charge < -0.3 is 4.90 Å². The summed E-state index contributed by atoms with van der Waals surface area (Å²) < 4.78 is 22.0. The number of aromatic nitrogens is 1. The normalized spacial score (nSPS) is 11.4. The van der Waals surface area contributed by atoms with Crippen LogP contribution < -0.4 is 0 Å². The van der Waals surface area contributed by atoms with Gasteiger partial charge in [0, 0.05) is 31.1 Å². The van der Waals surface area contributed by atoms with Gasteiger partial charge in [-0.1, -0.05) is 6.07 Å². The van der Waals surface area contributed by atoms with Crippen LogP contribution in [-0.4, -0.2) is 43.9 Å². The number of hydrogen-bond acceptors (Lipinski definition) is 5. The highest BCUT2D eigenvalue weighted by atomic mass is 32.2. The maximum atomic E-state index is 11.0. The fourth-order valence-corrected chi connectivity index (χ4v) is 2.00. The second-order valence-corrected chi connectivity index (χ2v) is 6.25. The second kappa shape index (κ2) is 5.75. The van der Waals surface area contributed by atoms with E-state index in [2.05, 4.69) is 4.98 Å². The number of hydrogen-bond donors (Lipinski definition) is 0. The summed E-state index contributed by atoms with van der Waals surface area (Å²) in [6, 6.07) is 5.60. The predicted molar refractivity (Wildman–Crippen MR) is 65.0 cm³/mol. The molecule has 0 bridgehead atoms. The fraction of sp³-hybridized carbons (Fsp3) is 0.455. The third-order valence-corrected chi connectivity index (χ3v) is 3.21. The third-order valence-electron chi connectivity index (χ3n) is 2.28. The third kappa shape index (κ3) is 4.93. The molecule has 6 heteroatoms. The summed E-state index contributed by atoms with van der Waals surface area (Å²) in [5.74, 6) is 0.117. The molecule has 0 N–H and O–H groups in total. The summed E-state index contributed by atoms with van der Waals surface area (Å²) >= 11 is 0. The van der Waals surface area contributed by atoms with Crippen molar-refractivity contribution in [3.8, 4) is 6.07 Å². The second-order valence-electron chi connectivity index (χ2n) is 3.99. The lowest BCUT2D eigenvalue weighted by atomic mass is 10.2. The summed E-state index contributed by atoms with van der Waals surface area (Å²) in [6.45, 7) is 0.963. The molecule has 0 aliphatic heterocycles. The lowest BCUT2D eigenvalue weighted by Gasteiger charge is -2.16. The molecule has 0 aliphatic rings. The minimum Gasteiger partial charge on any atom is -0.301 e. The first-order valence-corrected chi connectivity index (χ1v) is 7.18. The molecule has 0 spiro atoms. The molecule has 0 saturated carbocycles. The van der Waals surface area contributed by atoms with Crippen LogP contribution in [0.1, 0.15) is 11.3 Å². The van der Waals surface area contributed by atoms with E-state index >= 15 is 0 Å². The van der Waals surface area contributed by atoms with Crippen molar-refractivity contribution in [3.05, 3.63) is 29.6 Å². The van der Waals surface area contributed by atoms with E-state index in [1.807, 2.05) is 24.1 Å². The lowest BCUT2D eigenvalue weighted by Crippen LogP contribution is -2.25. The predicted octanol–water partition coefficient (Wildman–Crippen LogP) is 0.430. The maximum absolute atomic E-state index is 11.0. The van der Waals surface area contributed by atoms with Gasteiger partial charge >= 0.3 is 0 Å². The highest BCUT2D eigenvalue weighted by Crippen LogP contribution is 2.06. The largest absolute Gasteiger partial charge is 0.301 e. The van der Waals surface area contributed by atoms with Crippen molar-refractivity contribution >= 4 is 9.84 Å². The van der Waals surface area contributed by atoms with Crippen LogP contribution in [0, 0.1) is 11.3 Å². The standard InChI is InChI=1S/C11H15N3O2S/c1-14(6-7-17(2,15)16)9-10-4-3-5-13-11(10)8-12/h3-5H,6-7,9H2,1-2H3. The van der Waals surface area contributed by atoms with Gasteiger partial charge in [-0.2, -0.15) is 5.26 Å². The molecule has 0 aromatic carbocycles. The molecule has 1 aromatic rings. The Kier molecular flexibility index (Phi) is 4.61. The number of nitrogens with zero attached hydrogens (tertiary/aromatic N) is 3. The molecular formula is C11H15N3O2S. The first-order chi connectivity index (χ1) is 7.92. The highest BCUT2D eigenvalue weighted by Gasteiger charge is 2.08. The molecule has 1 heterocycles. The molecule has 5 nitrogen and oxygen atoms in total. The topological polar surface area (TPSA) is 74.1 Å². The van der Waals surface area contributed by atoms with Gasteiger partial charge in [-0.05, 0) is 13.1 Å². The van der Waals surface area contributed by atoms with Gasteiger partial charge in [0.05, 0.1) is 5.75 Å². The van der Waals surface area contributed by atoms with Gasteiger partial charge in [0.25, 0.3) is 0 Å². The summed E-state index contributed by atoms with van der Waals surface area (Å²) in [5.41, 5.74) is 1.20. The SMILES string of the molecule is CN(CCS(C)(=O)=O)Cc1cccnc1C#N. The minimum atomic E-state index is -2.95. The molecule has 0 radical (unpaired) electrons. The van der Waals surface area contributed by atoms with Crippen LogP contribution in [0.4, 0.5) is 0 Å². The number of sulfone groups is 1. The van der Waals surface area contributed by atoms with Gasteiger partial charge in [-0.15, -0.1) is 0 Å². The first-order valence-electron chi connectivity index (χ1n) is 5.12. The van der Waals surface area contributed by atoms with E-state index in [9.17, 15) is 8.42 Å². The van der Waals surface area contributed by atoms with E-state index < -0.39 is 9.84 Å². The molecule has 0 saturated heterocycles. The molecular weight excluding hydrogens is 238 g/mol. The van der Waals surface area contributed by atoms with E-state index in [1.54, 1.807) is 12.3 Å². The van der Waals surface area contributed by atoms with Gasteiger partial charge in [0.2, 0.25) is 0 Å². The Hall–Kier alpha value is -1.45. The molecule has 0 aliphatic carbocycles. The Balaban J connectivity index is 2.63. The molecule has 0 atom stereocenters. The molecule has 1 aromatic heterocycles. The molecule has 92 valence electrons. The van der Waals surface area contributed by atoms with Crippen LogP contribution in [0.25, 0.3) is 0 Å². The molecule has 1 rings (SSSR count). The van der Waals surface area contributed by atoms with E-state index in [4.69, 9.17) is 5.26 Å². The Bertz CT molecular complexity index is 520. The van der Waals surface area contributed by atoms with Crippen molar-refractivity contribution in [3.63, 3.8) is 0 Å². The zero-order valence-electron chi connectivity index (χ0n) is 9.92. The number of pyridine rings is 1. The Morgan fingerprint density at radius 2 is 2.24 bits per heavy atom. The molecule has 0 fully saturated rings. The molecule has 0 unspecified atom stereocenters. The molecule has 0 amide bonds. The van der Waals surface area contributed by atoms with E-state index in [0.717, 1.165) is 5.56 Å². The van der Waals surface area contributed by atoms with Gasteiger partial charge in [0.1, 0.15) is 21.6 Å². The van der Waals surface area contributed by atoms with Gasteiger partial charge in [0.15, 0.2) is 0 Å². The minimum absolute atomic E-state index is 0.117. The van der Waals surface area contributed by atoms with Crippen LogP contribution in [0.5, 0.6) is 0 Å². The zero-order chi connectivity index (χ0) is 12.9. The van der Waals surface area contributed by atoms with Crippen molar-refractivity contribution in [2.24, 2.45) is 0 Å². The fourth-order valence-electron chi connectivity index (χ4n) is 1.36. The van der Waals surface area contributed by atoms with Crippen LogP contribution >= 0.6 is 0 Å². The Labute approximate surface area is 102 Å². The van der Waals surface area contributed by atoms with E-state index in [0.29, 0.717) is 18.8 Å². The van der Waals surface area contributed by atoms with Gasteiger partial charge in [-0.25, -0.2) is 13.4 Å². The van der Waals surface area contributed by atoms with Gasteiger partial charge in [-0.3, -0.25) is 0 Å². The maximum Gasteiger partial charge on any atom is 0.148 e. The monoisotopic (exact) mass is 253 g/mol. The van der Waals surface area contributed by atoms with Crippen molar-refractivity contribution in [1.82, 2.24) is 9.88 Å². The summed E-state index contributed by atoms with van der Waals surface area (Å²) in [5, 5.41) is 8.86. The van der Waals surface area contributed by atoms with Crippen molar-refractivity contribution < 1.29 is 8.42 Å². The summed E-state index contributed by atoms with van der Waals surface area (Å²) in [7, 11) is -1.13. The average Bonchev–Trinajstić information content (AvgIpc) is 2.26.